The number of nitrogens with one attached hydrogen (secondary N) is 2. The van der Waals surface area contributed by atoms with Gasteiger partial charge < -0.3 is 15.4 Å². The lowest BCUT2D eigenvalue weighted by atomic mass is 10.1. The van der Waals surface area contributed by atoms with Crippen molar-refractivity contribution in [1.29, 1.82) is 0 Å². The first kappa shape index (κ1) is 15.6. The molecule has 0 unspecified atom stereocenters. The van der Waals surface area contributed by atoms with Crippen molar-refractivity contribution < 1.29 is 14.3 Å². The smallest absolute Gasteiger partial charge is 0.325 e. The fraction of sp³-hybridized carbons (Fsp3) is 0.176. The average molecular weight is 298 g/mol. The van der Waals surface area contributed by atoms with Gasteiger partial charge >= 0.3 is 5.97 Å². The van der Waals surface area contributed by atoms with Gasteiger partial charge in [0.15, 0.2) is 0 Å². The molecule has 0 aliphatic carbocycles. The van der Waals surface area contributed by atoms with E-state index in [1.807, 2.05) is 43.3 Å². The van der Waals surface area contributed by atoms with Crippen molar-refractivity contribution in [2.24, 2.45) is 0 Å². The Hall–Kier alpha value is -2.82. The van der Waals surface area contributed by atoms with Crippen LogP contribution in [0.3, 0.4) is 0 Å². The minimum atomic E-state index is -0.349. The maximum atomic E-state index is 12.2. The van der Waals surface area contributed by atoms with Crippen molar-refractivity contribution >= 4 is 23.3 Å². The number of carbonyl (C=O) groups is 2. The van der Waals surface area contributed by atoms with Gasteiger partial charge in [0.1, 0.15) is 6.54 Å². The number of anilines is 2. The molecular weight excluding hydrogens is 280 g/mol. The highest BCUT2D eigenvalue weighted by molar-refractivity contribution is 6.05. The summed E-state index contributed by atoms with van der Waals surface area (Å²) < 4.78 is 4.59. The molecule has 2 aromatic rings. The first-order valence-electron chi connectivity index (χ1n) is 6.88. The van der Waals surface area contributed by atoms with E-state index in [4.69, 9.17) is 0 Å². The highest BCUT2D eigenvalue weighted by atomic mass is 16.5. The molecule has 0 saturated heterocycles. The quantitative estimate of drug-likeness (QED) is 0.833. The largest absolute Gasteiger partial charge is 0.468 e. The second-order valence-electron chi connectivity index (χ2n) is 4.73. The number of ether oxygens (including phenoxy) is 1. The predicted molar refractivity (Wildman–Crippen MR) is 86.1 cm³/mol. The van der Waals surface area contributed by atoms with Crippen molar-refractivity contribution in [2.45, 2.75) is 6.92 Å². The molecule has 2 aromatic carbocycles. The maximum absolute atomic E-state index is 12.2. The number of methoxy groups -OCH3 is 1. The molecule has 2 rings (SSSR count). The van der Waals surface area contributed by atoms with E-state index >= 15 is 0 Å². The van der Waals surface area contributed by atoms with Crippen LogP contribution in [-0.4, -0.2) is 25.5 Å². The second-order valence-corrected chi connectivity index (χ2v) is 4.73. The number of esters is 1. The third-order valence-corrected chi connectivity index (χ3v) is 3.27. The summed E-state index contributed by atoms with van der Waals surface area (Å²) in [6.45, 7) is 1.95. The molecule has 0 atom stereocenters. The molecule has 5 heteroatoms. The second kappa shape index (κ2) is 7.26. The molecule has 114 valence electrons. The Morgan fingerprint density at radius 2 is 1.68 bits per heavy atom. The Morgan fingerprint density at radius 3 is 2.36 bits per heavy atom. The lowest BCUT2D eigenvalue weighted by molar-refractivity contribution is -0.138. The average Bonchev–Trinajstić information content (AvgIpc) is 2.56. The summed E-state index contributed by atoms with van der Waals surface area (Å²) in [7, 11) is 1.34. The van der Waals surface area contributed by atoms with Crippen LogP contribution in [0, 0.1) is 6.92 Å². The first-order valence-corrected chi connectivity index (χ1v) is 6.88. The van der Waals surface area contributed by atoms with Gasteiger partial charge in [0.05, 0.1) is 7.11 Å². The SMILES string of the molecule is COC(=O)CNc1cccc(NC(=O)c2ccccc2)c1C. The number of hydrogen-bond donors (Lipinski definition) is 2. The summed E-state index contributed by atoms with van der Waals surface area (Å²) in [4.78, 5) is 23.4. The van der Waals surface area contributed by atoms with E-state index in [1.54, 1.807) is 12.1 Å². The van der Waals surface area contributed by atoms with Crippen molar-refractivity contribution in [3.63, 3.8) is 0 Å². The van der Waals surface area contributed by atoms with Gasteiger partial charge in [-0.25, -0.2) is 0 Å². The summed E-state index contributed by atoms with van der Waals surface area (Å²) in [5, 5.41) is 5.86. The molecule has 0 aliphatic rings. The molecule has 0 bridgehead atoms. The van der Waals surface area contributed by atoms with Gasteiger partial charge in [-0.05, 0) is 36.8 Å². The van der Waals surface area contributed by atoms with E-state index in [2.05, 4.69) is 15.4 Å². The van der Waals surface area contributed by atoms with E-state index in [9.17, 15) is 9.59 Å². The monoisotopic (exact) mass is 298 g/mol. The molecular formula is C17H18N2O3. The zero-order valence-corrected chi connectivity index (χ0v) is 12.6. The predicted octanol–water partition coefficient (Wildman–Crippen LogP) is 2.83. The molecule has 2 N–H and O–H groups in total. The van der Waals surface area contributed by atoms with Gasteiger partial charge in [0, 0.05) is 16.9 Å². The van der Waals surface area contributed by atoms with E-state index in [0.29, 0.717) is 11.3 Å². The Labute approximate surface area is 129 Å². The van der Waals surface area contributed by atoms with E-state index in [-0.39, 0.29) is 18.4 Å². The van der Waals surface area contributed by atoms with Crippen LogP contribution in [0.15, 0.2) is 48.5 Å². The fourth-order valence-electron chi connectivity index (χ4n) is 1.99. The lowest BCUT2D eigenvalue weighted by Gasteiger charge is -2.13. The zero-order chi connectivity index (χ0) is 15.9. The van der Waals surface area contributed by atoms with Gasteiger partial charge in [-0.2, -0.15) is 0 Å². The van der Waals surface area contributed by atoms with Crippen molar-refractivity contribution in [3.8, 4) is 0 Å². The third kappa shape index (κ3) is 3.85. The van der Waals surface area contributed by atoms with Gasteiger partial charge in [-0.15, -0.1) is 0 Å². The lowest BCUT2D eigenvalue weighted by Crippen LogP contribution is -2.17. The maximum Gasteiger partial charge on any atom is 0.325 e. The molecule has 0 heterocycles. The number of rotatable bonds is 5. The van der Waals surface area contributed by atoms with Crippen LogP contribution in [0.1, 0.15) is 15.9 Å². The Morgan fingerprint density at radius 1 is 1.00 bits per heavy atom. The van der Waals surface area contributed by atoms with Crippen LogP contribution in [0.4, 0.5) is 11.4 Å². The summed E-state index contributed by atoms with van der Waals surface area (Å²) in [5.41, 5.74) is 2.92. The molecule has 0 aromatic heterocycles. The van der Waals surface area contributed by atoms with Gasteiger partial charge in [-0.1, -0.05) is 24.3 Å². The topological polar surface area (TPSA) is 67.4 Å². The van der Waals surface area contributed by atoms with E-state index < -0.39 is 0 Å². The molecule has 0 aliphatic heterocycles. The molecule has 1 amide bonds. The minimum absolute atomic E-state index is 0.0768. The number of carbonyl (C=O) groups excluding carboxylic acids is 2. The molecule has 0 radical (unpaired) electrons. The van der Waals surface area contributed by atoms with E-state index in [0.717, 1.165) is 11.3 Å². The number of benzene rings is 2. The Kier molecular flexibility index (Phi) is 5.14. The van der Waals surface area contributed by atoms with Crippen LogP contribution >= 0.6 is 0 Å². The molecule has 5 nitrogen and oxygen atoms in total. The fourth-order valence-corrected chi connectivity index (χ4v) is 1.99. The zero-order valence-electron chi connectivity index (χ0n) is 12.6. The summed E-state index contributed by atoms with van der Waals surface area (Å²) in [5.74, 6) is -0.521. The highest BCUT2D eigenvalue weighted by Crippen LogP contribution is 2.23. The highest BCUT2D eigenvalue weighted by Gasteiger charge is 2.10. The number of hydrogen-bond acceptors (Lipinski definition) is 4. The summed E-state index contributed by atoms with van der Waals surface area (Å²) in [6.07, 6.45) is 0. The minimum Gasteiger partial charge on any atom is -0.468 e. The van der Waals surface area contributed by atoms with Gasteiger partial charge in [0.25, 0.3) is 5.91 Å². The van der Waals surface area contributed by atoms with Crippen molar-refractivity contribution in [3.05, 3.63) is 59.7 Å². The number of amides is 1. The molecule has 22 heavy (non-hydrogen) atoms. The van der Waals surface area contributed by atoms with Crippen LogP contribution in [0.5, 0.6) is 0 Å². The van der Waals surface area contributed by atoms with Crippen LogP contribution in [0.2, 0.25) is 0 Å². The van der Waals surface area contributed by atoms with Gasteiger partial charge in [-0.3, -0.25) is 9.59 Å². The molecule has 0 saturated carbocycles. The van der Waals surface area contributed by atoms with Crippen LogP contribution in [-0.2, 0) is 9.53 Å². The van der Waals surface area contributed by atoms with Gasteiger partial charge in [0.2, 0.25) is 0 Å². The normalized spacial score (nSPS) is 9.91. The first-order chi connectivity index (χ1) is 10.6. The van der Waals surface area contributed by atoms with E-state index in [1.165, 1.54) is 7.11 Å². The summed E-state index contributed by atoms with van der Waals surface area (Å²) >= 11 is 0. The summed E-state index contributed by atoms with van der Waals surface area (Å²) in [6, 6.07) is 14.5. The van der Waals surface area contributed by atoms with Crippen molar-refractivity contribution in [1.82, 2.24) is 0 Å². The Bertz CT molecular complexity index is 669. The van der Waals surface area contributed by atoms with Crippen LogP contribution < -0.4 is 10.6 Å². The molecule has 0 spiro atoms. The molecule has 0 fully saturated rings. The van der Waals surface area contributed by atoms with Crippen molar-refractivity contribution in [2.75, 3.05) is 24.3 Å². The Balaban J connectivity index is 2.12. The third-order valence-electron chi connectivity index (χ3n) is 3.27. The standard InChI is InChI=1S/C17H18N2O3/c1-12-14(18-11-16(20)22-2)9-6-10-15(12)19-17(21)13-7-4-3-5-8-13/h3-10,18H,11H2,1-2H3,(H,19,21). The van der Waals surface area contributed by atoms with Crippen LogP contribution in [0.25, 0.3) is 0 Å².